The van der Waals surface area contributed by atoms with Gasteiger partial charge in [-0.15, -0.1) is 0 Å². The zero-order chi connectivity index (χ0) is 11.7. The zero-order valence-electron chi connectivity index (χ0n) is 8.94. The van der Waals surface area contributed by atoms with E-state index in [1.807, 2.05) is 13.0 Å². The number of carbonyl (C=O) groups excluding carboxylic acids is 1. The van der Waals surface area contributed by atoms with E-state index < -0.39 is 0 Å². The van der Waals surface area contributed by atoms with Gasteiger partial charge in [-0.1, -0.05) is 0 Å². The number of halogens is 1. The Morgan fingerprint density at radius 3 is 2.69 bits per heavy atom. The molecule has 0 unspecified atom stereocenters. The van der Waals surface area contributed by atoms with Gasteiger partial charge in [0.1, 0.15) is 5.69 Å². The molecule has 0 saturated heterocycles. The minimum absolute atomic E-state index is 0.0805. The molecule has 0 spiro atoms. The Bertz CT molecular complexity index is 528. The van der Waals surface area contributed by atoms with E-state index in [1.54, 1.807) is 30.3 Å². The van der Waals surface area contributed by atoms with E-state index in [0.29, 0.717) is 15.7 Å². The number of carbonyl (C=O) groups is 1. The number of ketones is 1. The maximum absolute atomic E-state index is 12.2. The average Bonchev–Trinajstić information content (AvgIpc) is 2.58. The second kappa shape index (κ2) is 4.17. The fourth-order valence-corrected chi connectivity index (χ4v) is 2.01. The van der Waals surface area contributed by atoms with Gasteiger partial charge in [0.15, 0.2) is 0 Å². The molecule has 0 bridgehead atoms. The van der Waals surface area contributed by atoms with Crippen molar-refractivity contribution in [3.05, 3.63) is 46.0 Å². The highest BCUT2D eigenvalue weighted by atomic mass is 79.9. The van der Waals surface area contributed by atoms with Gasteiger partial charge >= 0.3 is 0 Å². The monoisotopic (exact) mass is 279 g/mol. The van der Waals surface area contributed by atoms with E-state index in [9.17, 15) is 4.79 Å². The van der Waals surface area contributed by atoms with E-state index >= 15 is 0 Å². The number of aromatic nitrogens is 3. The summed E-state index contributed by atoms with van der Waals surface area (Å²) in [5.41, 5.74) is 2.07. The first-order valence-corrected chi connectivity index (χ1v) is 5.52. The van der Waals surface area contributed by atoms with Crippen LogP contribution in [0.2, 0.25) is 0 Å². The van der Waals surface area contributed by atoms with E-state index in [-0.39, 0.29) is 5.78 Å². The highest BCUT2D eigenvalue weighted by Gasteiger charge is 2.17. The number of nitrogens with zero attached hydrogens (tertiary/aromatic N) is 3. The maximum atomic E-state index is 12.2. The molecule has 0 aliphatic carbocycles. The minimum Gasteiger partial charge on any atom is -0.287 e. The molecule has 0 amide bonds. The molecule has 0 aliphatic heterocycles. The third-order valence-electron chi connectivity index (χ3n) is 2.25. The summed E-state index contributed by atoms with van der Waals surface area (Å²) < 4.78 is 2.25. The quantitative estimate of drug-likeness (QED) is 0.792. The lowest BCUT2D eigenvalue weighted by Crippen LogP contribution is -2.09. The molecule has 2 aromatic rings. The molecule has 0 N–H and O–H groups in total. The Kier molecular flexibility index (Phi) is 2.87. The van der Waals surface area contributed by atoms with Crippen molar-refractivity contribution >= 4 is 21.7 Å². The molecule has 0 radical (unpaired) electrons. The Balaban J connectivity index is 2.47. The van der Waals surface area contributed by atoms with Crippen LogP contribution in [0, 0.1) is 6.92 Å². The van der Waals surface area contributed by atoms with E-state index in [4.69, 9.17) is 0 Å². The normalized spacial score (nSPS) is 10.4. The van der Waals surface area contributed by atoms with Crippen LogP contribution >= 0.6 is 15.9 Å². The Hall–Kier alpha value is -1.49. The van der Waals surface area contributed by atoms with Gasteiger partial charge < -0.3 is 0 Å². The van der Waals surface area contributed by atoms with Crippen molar-refractivity contribution in [1.82, 2.24) is 14.8 Å². The molecule has 2 aromatic heterocycles. The minimum atomic E-state index is -0.0805. The summed E-state index contributed by atoms with van der Waals surface area (Å²) in [6.45, 7) is 1.90. The van der Waals surface area contributed by atoms with Gasteiger partial charge in [-0.05, 0) is 34.5 Å². The van der Waals surface area contributed by atoms with Gasteiger partial charge in [0.05, 0.1) is 10.7 Å². The lowest BCUT2D eigenvalue weighted by atomic mass is 10.1. The van der Waals surface area contributed by atoms with Crippen LogP contribution in [0.4, 0.5) is 0 Å². The molecule has 0 atom stereocenters. The van der Waals surface area contributed by atoms with Crippen LogP contribution in [0.3, 0.4) is 0 Å². The van der Waals surface area contributed by atoms with E-state index in [0.717, 1.165) is 5.56 Å². The van der Waals surface area contributed by atoms with Crippen LogP contribution in [0.5, 0.6) is 0 Å². The van der Waals surface area contributed by atoms with Crippen molar-refractivity contribution in [2.75, 3.05) is 0 Å². The second-order valence-corrected chi connectivity index (χ2v) is 4.40. The highest BCUT2D eigenvalue weighted by Crippen LogP contribution is 2.18. The molecular formula is C11H10BrN3O. The van der Waals surface area contributed by atoms with Crippen molar-refractivity contribution < 1.29 is 4.79 Å². The first kappa shape index (κ1) is 11.0. The van der Waals surface area contributed by atoms with Crippen molar-refractivity contribution in [3.63, 3.8) is 0 Å². The predicted octanol–water partition coefficient (Wildman–Crippen LogP) is 2.12. The first-order valence-electron chi connectivity index (χ1n) is 4.73. The molecular weight excluding hydrogens is 270 g/mol. The number of aryl methyl sites for hydroxylation is 2. The van der Waals surface area contributed by atoms with Gasteiger partial charge in [-0.2, -0.15) is 5.10 Å². The van der Waals surface area contributed by atoms with Crippen LogP contribution in [-0.4, -0.2) is 20.5 Å². The smallest absolute Gasteiger partial charge is 0.213 e. The molecule has 0 aliphatic rings. The largest absolute Gasteiger partial charge is 0.287 e. The summed E-state index contributed by atoms with van der Waals surface area (Å²) in [6.07, 6.45) is 4.89. The molecule has 4 nitrogen and oxygen atoms in total. The molecule has 16 heavy (non-hydrogen) atoms. The van der Waals surface area contributed by atoms with Gasteiger partial charge in [-0.3, -0.25) is 14.5 Å². The number of hydrogen-bond acceptors (Lipinski definition) is 3. The summed E-state index contributed by atoms with van der Waals surface area (Å²) in [4.78, 5) is 16.2. The predicted molar refractivity (Wildman–Crippen MR) is 63.3 cm³/mol. The summed E-state index contributed by atoms with van der Waals surface area (Å²) >= 11 is 3.31. The Morgan fingerprint density at radius 1 is 1.38 bits per heavy atom. The van der Waals surface area contributed by atoms with Crippen LogP contribution in [0.1, 0.15) is 21.6 Å². The Morgan fingerprint density at radius 2 is 2.12 bits per heavy atom. The van der Waals surface area contributed by atoms with Gasteiger partial charge in [-0.25, -0.2) is 0 Å². The van der Waals surface area contributed by atoms with Crippen molar-refractivity contribution in [2.24, 2.45) is 7.05 Å². The molecule has 2 heterocycles. The molecule has 0 aromatic carbocycles. The third kappa shape index (κ3) is 1.90. The van der Waals surface area contributed by atoms with Gasteiger partial charge in [0, 0.05) is 25.0 Å². The number of hydrogen-bond donors (Lipinski definition) is 0. The summed E-state index contributed by atoms with van der Waals surface area (Å²) in [5.74, 6) is -0.0805. The fraction of sp³-hybridized carbons (Fsp3) is 0.182. The SMILES string of the molecule is Cc1cncc(C(=O)c2c(Br)cnn2C)c1. The average molecular weight is 280 g/mol. The number of pyridine rings is 1. The van der Waals surface area contributed by atoms with E-state index in [2.05, 4.69) is 26.0 Å². The van der Waals surface area contributed by atoms with Crippen LogP contribution < -0.4 is 0 Å². The maximum Gasteiger partial charge on any atom is 0.213 e. The molecule has 5 heteroatoms. The third-order valence-corrected chi connectivity index (χ3v) is 2.83. The number of rotatable bonds is 2. The van der Waals surface area contributed by atoms with E-state index in [1.165, 1.54) is 0 Å². The summed E-state index contributed by atoms with van der Waals surface area (Å²) in [7, 11) is 1.74. The topological polar surface area (TPSA) is 47.8 Å². The van der Waals surface area contributed by atoms with Crippen LogP contribution in [0.25, 0.3) is 0 Å². The highest BCUT2D eigenvalue weighted by molar-refractivity contribution is 9.10. The summed E-state index contributed by atoms with van der Waals surface area (Å²) in [5, 5.41) is 4.01. The lowest BCUT2D eigenvalue weighted by molar-refractivity contribution is 0.102. The zero-order valence-corrected chi connectivity index (χ0v) is 10.5. The molecule has 82 valence electrons. The molecule has 0 fully saturated rings. The van der Waals surface area contributed by atoms with Gasteiger partial charge in [0.2, 0.25) is 5.78 Å². The second-order valence-electron chi connectivity index (χ2n) is 3.54. The lowest BCUT2D eigenvalue weighted by Gasteiger charge is -2.02. The molecule has 0 saturated carbocycles. The van der Waals surface area contributed by atoms with Crippen LogP contribution in [0.15, 0.2) is 29.1 Å². The van der Waals surface area contributed by atoms with Crippen molar-refractivity contribution in [3.8, 4) is 0 Å². The first-order chi connectivity index (χ1) is 7.59. The fourth-order valence-electron chi connectivity index (χ4n) is 1.48. The van der Waals surface area contributed by atoms with Crippen LogP contribution in [-0.2, 0) is 7.05 Å². The Labute approximate surface area is 101 Å². The van der Waals surface area contributed by atoms with Crippen molar-refractivity contribution in [2.45, 2.75) is 6.92 Å². The van der Waals surface area contributed by atoms with Crippen molar-refractivity contribution in [1.29, 1.82) is 0 Å². The molecule has 2 rings (SSSR count). The summed E-state index contributed by atoms with van der Waals surface area (Å²) in [6, 6.07) is 1.81. The standard InChI is InChI=1S/C11H10BrN3O/c1-7-3-8(5-13-4-7)11(16)10-9(12)6-14-15(10)2/h3-6H,1-2H3. The van der Waals surface area contributed by atoms with Gasteiger partial charge in [0.25, 0.3) is 0 Å².